The lowest BCUT2D eigenvalue weighted by atomic mass is 9.51. The number of carbonyl (C=O) groups is 1. The van der Waals surface area contributed by atoms with Gasteiger partial charge in [0.25, 0.3) is 0 Å². The van der Waals surface area contributed by atoms with Crippen LogP contribution < -0.4 is 5.11 Å². The van der Waals surface area contributed by atoms with Gasteiger partial charge in [0.05, 0.1) is 5.60 Å². The number of hydrogen-bond donors (Lipinski definition) is 0. The van der Waals surface area contributed by atoms with E-state index >= 15 is 0 Å². The van der Waals surface area contributed by atoms with Gasteiger partial charge in [-0.1, -0.05) is 0 Å². The molecule has 5 aliphatic rings. The van der Waals surface area contributed by atoms with Gasteiger partial charge in [-0.3, -0.25) is 0 Å². The predicted octanol–water partition coefficient (Wildman–Crippen LogP) is 1.94. The van der Waals surface area contributed by atoms with Crippen LogP contribution in [-0.4, -0.2) is 48.5 Å². The van der Waals surface area contributed by atoms with Crippen molar-refractivity contribution in [3.8, 4) is 0 Å². The molecule has 0 radical (unpaired) electrons. The molecule has 154 valence electrons. The molecule has 2 atom stereocenters. The Morgan fingerprint density at radius 2 is 1.44 bits per heavy atom. The number of rotatable bonds is 3. The Hall–Kier alpha value is -1.07. The molecule has 4 bridgehead atoms. The highest BCUT2D eigenvalue weighted by molar-refractivity contribution is 5.71. The van der Waals surface area contributed by atoms with Gasteiger partial charge in [0.1, 0.15) is 19.2 Å². The third-order valence-electron chi connectivity index (χ3n) is 6.35. The first-order chi connectivity index (χ1) is 12.3. The third-order valence-corrected chi connectivity index (χ3v) is 6.35. The molecule has 4 saturated carbocycles. The quantitative estimate of drug-likeness (QED) is 0.674. The second kappa shape index (κ2) is 5.50. The highest BCUT2D eigenvalue weighted by Crippen LogP contribution is 2.64. The zero-order valence-electron chi connectivity index (χ0n) is 14.0. The summed E-state index contributed by atoms with van der Waals surface area (Å²) in [7, 11) is 0. The summed E-state index contributed by atoms with van der Waals surface area (Å²) in [6, 6.07) is 0. The Morgan fingerprint density at radius 1 is 0.963 bits per heavy atom. The first-order valence-electron chi connectivity index (χ1n) is 8.64. The summed E-state index contributed by atoms with van der Waals surface area (Å²) in [4.78, 5) is 10.6. The van der Waals surface area contributed by atoms with Crippen LogP contribution in [0.15, 0.2) is 0 Å². The van der Waals surface area contributed by atoms with Crippen LogP contribution in [0.2, 0.25) is 0 Å². The highest BCUT2D eigenvalue weighted by Gasteiger charge is 2.70. The van der Waals surface area contributed by atoms with Crippen LogP contribution in [0, 0.1) is 17.8 Å². The van der Waals surface area contributed by atoms with Gasteiger partial charge in [0.15, 0.2) is 5.79 Å². The molecule has 1 saturated heterocycles. The Kier molecular flexibility index (Phi) is 3.93. The fourth-order valence-electron chi connectivity index (χ4n) is 5.42. The number of alkyl halides is 6. The Labute approximate surface area is 149 Å². The SMILES string of the molecule is O=C([O-])C(F)(F)OC12CC3CC(C1)C1(OCC(F)(F)C(F)(F)CO1)C(C3)C2. The average Bonchev–Trinajstić information content (AvgIpc) is 2.60. The lowest BCUT2D eigenvalue weighted by Crippen LogP contribution is -2.67. The minimum absolute atomic E-state index is 0.137. The smallest absolute Gasteiger partial charge is 0.398 e. The molecule has 5 nitrogen and oxygen atoms in total. The summed E-state index contributed by atoms with van der Waals surface area (Å²) >= 11 is 0. The van der Waals surface area contributed by atoms with E-state index < -0.39 is 60.4 Å². The van der Waals surface area contributed by atoms with Crippen molar-refractivity contribution in [3.63, 3.8) is 0 Å². The van der Waals surface area contributed by atoms with Gasteiger partial charge in [0, 0.05) is 11.8 Å². The van der Waals surface area contributed by atoms with Crippen molar-refractivity contribution in [1.82, 2.24) is 0 Å². The summed E-state index contributed by atoms with van der Waals surface area (Å²) in [5, 5.41) is 10.6. The zero-order valence-corrected chi connectivity index (χ0v) is 14.0. The molecule has 1 spiro atoms. The van der Waals surface area contributed by atoms with E-state index in [4.69, 9.17) is 9.47 Å². The molecule has 11 heteroatoms. The lowest BCUT2D eigenvalue weighted by Gasteiger charge is -2.63. The molecular formula is C16H17F6O5-. The summed E-state index contributed by atoms with van der Waals surface area (Å²) in [5.41, 5.74) is -1.50. The van der Waals surface area contributed by atoms with Crippen LogP contribution in [-0.2, 0) is 19.0 Å². The standard InChI is InChI=1S/C16H18F6O5/c17-13(18)6-25-15(26-7-14(13,19)20)9-1-8-2-10(15)5-12(3-8,4-9)27-16(21,22)11(23)24/h8-10H,1-7H2,(H,23,24)/p-1. The number of ether oxygens (including phenoxy) is 3. The molecule has 0 aromatic rings. The monoisotopic (exact) mass is 403 g/mol. The Bertz CT molecular complexity index is 617. The maximum atomic E-state index is 13.7. The van der Waals surface area contributed by atoms with Gasteiger partial charge in [-0.2, -0.15) is 26.3 Å². The van der Waals surface area contributed by atoms with Gasteiger partial charge in [-0.15, -0.1) is 0 Å². The lowest BCUT2D eigenvalue weighted by molar-refractivity contribution is -0.406. The fraction of sp³-hybridized carbons (Fsp3) is 0.938. The largest absolute Gasteiger partial charge is 0.542 e. The maximum absolute atomic E-state index is 13.7. The number of aliphatic carboxylic acids is 1. The number of carbonyl (C=O) groups excluding carboxylic acids is 1. The molecule has 1 heterocycles. The first-order valence-corrected chi connectivity index (χ1v) is 8.64. The van der Waals surface area contributed by atoms with Crippen molar-refractivity contribution in [1.29, 1.82) is 0 Å². The number of halogens is 6. The van der Waals surface area contributed by atoms with Gasteiger partial charge < -0.3 is 24.1 Å². The van der Waals surface area contributed by atoms with E-state index in [-0.39, 0.29) is 25.2 Å². The molecule has 27 heavy (non-hydrogen) atoms. The van der Waals surface area contributed by atoms with E-state index in [0.29, 0.717) is 12.8 Å². The summed E-state index contributed by atoms with van der Waals surface area (Å²) in [5.74, 6) is -14.8. The average molecular weight is 403 g/mol. The number of carboxylic acid groups (broad SMARTS) is 1. The van der Waals surface area contributed by atoms with Gasteiger partial charge in [0.2, 0.25) is 0 Å². The van der Waals surface area contributed by atoms with Crippen LogP contribution >= 0.6 is 0 Å². The Morgan fingerprint density at radius 3 is 1.89 bits per heavy atom. The molecule has 4 aliphatic carbocycles. The minimum Gasteiger partial charge on any atom is -0.542 e. The van der Waals surface area contributed by atoms with Crippen molar-refractivity contribution >= 4 is 5.97 Å². The van der Waals surface area contributed by atoms with Crippen molar-refractivity contribution < 1.29 is 50.5 Å². The predicted molar refractivity (Wildman–Crippen MR) is 71.9 cm³/mol. The maximum Gasteiger partial charge on any atom is 0.398 e. The molecule has 1 aliphatic heterocycles. The summed E-state index contributed by atoms with van der Waals surface area (Å²) in [6.45, 7) is -3.08. The molecule has 5 rings (SSSR count). The van der Waals surface area contributed by atoms with Gasteiger partial charge in [-0.05, 0) is 38.0 Å². The van der Waals surface area contributed by atoms with E-state index in [2.05, 4.69) is 4.74 Å². The van der Waals surface area contributed by atoms with Crippen LogP contribution in [0.25, 0.3) is 0 Å². The third kappa shape index (κ3) is 2.76. The minimum atomic E-state index is -4.51. The first kappa shape index (κ1) is 19.3. The summed E-state index contributed by atoms with van der Waals surface area (Å²) < 4.78 is 97.0. The normalized spacial score (nSPS) is 41.5. The topological polar surface area (TPSA) is 67.8 Å². The van der Waals surface area contributed by atoms with Crippen LogP contribution in [0.5, 0.6) is 0 Å². The van der Waals surface area contributed by atoms with Gasteiger partial charge >= 0.3 is 18.0 Å². The molecule has 0 N–H and O–H groups in total. The molecule has 0 aromatic heterocycles. The molecule has 0 amide bonds. The highest BCUT2D eigenvalue weighted by atomic mass is 19.3. The van der Waals surface area contributed by atoms with Crippen molar-refractivity contribution in [3.05, 3.63) is 0 Å². The van der Waals surface area contributed by atoms with Crippen LogP contribution in [0.1, 0.15) is 32.1 Å². The van der Waals surface area contributed by atoms with E-state index in [1.807, 2.05) is 0 Å². The second-order valence-corrected chi connectivity index (χ2v) is 8.14. The van der Waals surface area contributed by atoms with Crippen LogP contribution in [0.4, 0.5) is 26.3 Å². The van der Waals surface area contributed by atoms with E-state index in [1.54, 1.807) is 0 Å². The Balaban J connectivity index is 1.61. The zero-order chi connectivity index (χ0) is 19.9. The van der Waals surface area contributed by atoms with E-state index in [0.717, 1.165) is 0 Å². The van der Waals surface area contributed by atoms with Gasteiger partial charge in [-0.25, -0.2) is 0 Å². The summed E-state index contributed by atoms with van der Waals surface area (Å²) in [6.07, 6.45) is -3.93. The number of hydrogen-bond acceptors (Lipinski definition) is 5. The molecule has 5 fully saturated rings. The van der Waals surface area contributed by atoms with Crippen molar-refractivity contribution in [2.24, 2.45) is 17.8 Å². The fourth-order valence-corrected chi connectivity index (χ4v) is 5.42. The molecule has 2 unspecified atom stereocenters. The van der Waals surface area contributed by atoms with E-state index in [9.17, 15) is 36.2 Å². The van der Waals surface area contributed by atoms with Crippen LogP contribution in [0.3, 0.4) is 0 Å². The molecular weight excluding hydrogens is 386 g/mol. The van der Waals surface area contributed by atoms with E-state index in [1.165, 1.54) is 0 Å². The number of carboxylic acids is 1. The van der Waals surface area contributed by atoms with Crippen molar-refractivity contribution in [2.75, 3.05) is 13.2 Å². The van der Waals surface area contributed by atoms with Crippen molar-refractivity contribution in [2.45, 2.75) is 61.4 Å². The molecule has 0 aromatic carbocycles. The second-order valence-electron chi connectivity index (χ2n) is 8.14.